The highest BCUT2D eigenvalue weighted by atomic mass is 79.9. The number of aliphatic hydroxyl groups excluding tert-OH is 1. The molecule has 0 aromatic heterocycles. The minimum absolute atomic E-state index is 0.282. The molecule has 18 heavy (non-hydrogen) atoms. The lowest BCUT2D eigenvalue weighted by molar-refractivity contribution is 0.107. The van der Waals surface area contributed by atoms with E-state index >= 15 is 0 Å². The summed E-state index contributed by atoms with van der Waals surface area (Å²) in [7, 11) is 0. The molecule has 4 heteroatoms. The third-order valence-corrected chi connectivity index (χ3v) is 2.61. The molecule has 0 bridgehead atoms. The van der Waals surface area contributed by atoms with E-state index in [1.54, 1.807) is 0 Å². The number of hydrogen-bond acceptors (Lipinski definition) is 3. The standard InChI is InChI=1S/C14H20BrNO2/c1-10-4-11(2)6-14(5-10)18-9-13(17)8-16-7-12(3)15/h4-6,13,16-17H,3,7-9H2,1-2H3. The molecular formula is C14H20BrNO2. The van der Waals surface area contributed by atoms with Gasteiger partial charge in [-0.25, -0.2) is 0 Å². The topological polar surface area (TPSA) is 41.5 Å². The molecule has 0 amide bonds. The Balaban J connectivity index is 2.33. The van der Waals surface area contributed by atoms with Crippen molar-refractivity contribution in [1.29, 1.82) is 0 Å². The van der Waals surface area contributed by atoms with Gasteiger partial charge in [0.2, 0.25) is 0 Å². The molecular weight excluding hydrogens is 294 g/mol. The van der Waals surface area contributed by atoms with Gasteiger partial charge in [-0.1, -0.05) is 28.6 Å². The lowest BCUT2D eigenvalue weighted by atomic mass is 10.1. The number of ether oxygens (including phenoxy) is 1. The molecule has 0 saturated carbocycles. The van der Waals surface area contributed by atoms with Crippen LogP contribution in [0.3, 0.4) is 0 Å². The second-order valence-corrected chi connectivity index (χ2v) is 5.56. The average molecular weight is 314 g/mol. The van der Waals surface area contributed by atoms with Gasteiger partial charge in [-0.3, -0.25) is 0 Å². The molecule has 0 heterocycles. The number of halogens is 1. The van der Waals surface area contributed by atoms with E-state index in [1.807, 2.05) is 26.0 Å². The van der Waals surface area contributed by atoms with Gasteiger partial charge < -0.3 is 15.2 Å². The molecule has 100 valence electrons. The highest BCUT2D eigenvalue weighted by Gasteiger charge is 2.05. The smallest absolute Gasteiger partial charge is 0.119 e. The van der Waals surface area contributed by atoms with Gasteiger partial charge in [0.05, 0.1) is 0 Å². The SMILES string of the molecule is C=C(Br)CNCC(O)COc1cc(C)cc(C)c1. The summed E-state index contributed by atoms with van der Waals surface area (Å²) in [6, 6.07) is 6.02. The summed E-state index contributed by atoms with van der Waals surface area (Å²) in [5.41, 5.74) is 2.32. The summed E-state index contributed by atoms with van der Waals surface area (Å²) in [6.45, 7) is 9.16. The summed E-state index contributed by atoms with van der Waals surface area (Å²) >= 11 is 3.25. The van der Waals surface area contributed by atoms with E-state index in [-0.39, 0.29) is 6.61 Å². The molecule has 0 fully saturated rings. The summed E-state index contributed by atoms with van der Waals surface area (Å²) in [4.78, 5) is 0. The zero-order chi connectivity index (χ0) is 13.5. The molecule has 0 saturated heterocycles. The maximum absolute atomic E-state index is 9.73. The summed E-state index contributed by atoms with van der Waals surface area (Å²) in [5.74, 6) is 0.802. The van der Waals surface area contributed by atoms with Crippen molar-refractivity contribution >= 4 is 15.9 Å². The van der Waals surface area contributed by atoms with Crippen molar-refractivity contribution in [1.82, 2.24) is 5.32 Å². The minimum Gasteiger partial charge on any atom is -0.491 e. The monoisotopic (exact) mass is 313 g/mol. The van der Waals surface area contributed by atoms with E-state index in [0.717, 1.165) is 21.4 Å². The molecule has 1 aromatic carbocycles. The normalized spacial score (nSPS) is 12.2. The fraction of sp³-hybridized carbons (Fsp3) is 0.429. The van der Waals surface area contributed by atoms with Gasteiger partial charge >= 0.3 is 0 Å². The zero-order valence-corrected chi connectivity index (χ0v) is 12.5. The molecule has 1 rings (SSSR count). The van der Waals surface area contributed by atoms with Crippen LogP contribution in [0.4, 0.5) is 0 Å². The van der Waals surface area contributed by atoms with Crippen molar-refractivity contribution in [3.8, 4) is 5.75 Å². The van der Waals surface area contributed by atoms with Gasteiger partial charge in [0.1, 0.15) is 18.5 Å². The highest BCUT2D eigenvalue weighted by molar-refractivity contribution is 9.11. The lowest BCUT2D eigenvalue weighted by Crippen LogP contribution is -2.32. The minimum atomic E-state index is -0.530. The Kier molecular flexibility index (Phi) is 6.39. The van der Waals surface area contributed by atoms with Crippen LogP contribution in [0, 0.1) is 13.8 Å². The van der Waals surface area contributed by atoms with Crippen molar-refractivity contribution in [2.75, 3.05) is 19.7 Å². The molecule has 1 aromatic rings. The summed E-state index contributed by atoms with van der Waals surface area (Å²) < 4.78 is 6.43. The number of benzene rings is 1. The van der Waals surface area contributed by atoms with Crippen LogP contribution in [0.15, 0.2) is 29.3 Å². The van der Waals surface area contributed by atoms with E-state index in [1.165, 1.54) is 0 Å². The molecule has 0 aliphatic carbocycles. The maximum atomic E-state index is 9.73. The van der Waals surface area contributed by atoms with Crippen molar-refractivity contribution < 1.29 is 9.84 Å². The number of hydrogen-bond donors (Lipinski definition) is 2. The van der Waals surface area contributed by atoms with Gasteiger partial charge in [0, 0.05) is 17.6 Å². The number of aliphatic hydroxyl groups is 1. The van der Waals surface area contributed by atoms with E-state index < -0.39 is 6.10 Å². The van der Waals surface area contributed by atoms with Crippen LogP contribution in [0.25, 0.3) is 0 Å². The Morgan fingerprint density at radius 3 is 2.56 bits per heavy atom. The van der Waals surface area contributed by atoms with Gasteiger partial charge in [-0.15, -0.1) is 0 Å². The van der Waals surface area contributed by atoms with Gasteiger partial charge in [-0.05, 0) is 37.1 Å². The Labute approximate surface area is 117 Å². The molecule has 1 atom stereocenters. The van der Waals surface area contributed by atoms with Crippen LogP contribution < -0.4 is 10.1 Å². The predicted molar refractivity (Wildman–Crippen MR) is 78.4 cm³/mol. The summed E-state index contributed by atoms with van der Waals surface area (Å²) in [5, 5.41) is 12.8. The Morgan fingerprint density at radius 2 is 2.00 bits per heavy atom. The maximum Gasteiger partial charge on any atom is 0.119 e. The van der Waals surface area contributed by atoms with Crippen LogP contribution in [0.2, 0.25) is 0 Å². The number of rotatable bonds is 7. The highest BCUT2D eigenvalue weighted by Crippen LogP contribution is 2.16. The molecule has 0 aliphatic rings. The van der Waals surface area contributed by atoms with Crippen LogP contribution in [-0.2, 0) is 0 Å². The lowest BCUT2D eigenvalue weighted by Gasteiger charge is -2.14. The third-order valence-electron chi connectivity index (χ3n) is 2.33. The number of nitrogens with one attached hydrogen (secondary N) is 1. The first kappa shape index (κ1) is 15.2. The first-order chi connectivity index (χ1) is 8.47. The number of aryl methyl sites for hydroxylation is 2. The Morgan fingerprint density at radius 1 is 1.39 bits per heavy atom. The molecule has 3 nitrogen and oxygen atoms in total. The van der Waals surface area contributed by atoms with Crippen LogP contribution in [0.1, 0.15) is 11.1 Å². The zero-order valence-electron chi connectivity index (χ0n) is 10.9. The van der Waals surface area contributed by atoms with Crippen LogP contribution >= 0.6 is 15.9 Å². The molecule has 1 unspecified atom stereocenters. The van der Waals surface area contributed by atoms with Crippen molar-refractivity contribution in [2.45, 2.75) is 20.0 Å². The summed E-state index contributed by atoms with van der Waals surface area (Å²) in [6.07, 6.45) is -0.530. The van der Waals surface area contributed by atoms with Gasteiger partial charge in [-0.2, -0.15) is 0 Å². The first-order valence-electron chi connectivity index (χ1n) is 5.90. The van der Waals surface area contributed by atoms with E-state index in [0.29, 0.717) is 13.1 Å². The van der Waals surface area contributed by atoms with Crippen LogP contribution in [-0.4, -0.2) is 30.9 Å². The second kappa shape index (κ2) is 7.56. The van der Waals surface area contributed by atoms with Crippen molar-refractivity contribution in [3.63, 3.8) is 0 Å². The van der Waals surface area contributed by atoms with E-state index in [4.69, 9.17) is 4.74 Å². The van der Waals surface area contributed by atoms with E-state index in [9.17, 15) is 5.11 Å². The Bertz CT molecular complexity index is 387. The second-order valence-electron chi connectivity index (χ2n) is 4.44. The van der Waals surface area contributed by atoms with E-state index in [2.05, 4.69) is 33.9 Å². The molecule has 0 radical (unpaired) electrons. The third kappa shape index (κ3) is 6.19. The molecule has 0 spiro atoms. The quantitative estimate of drug-likeness (QED) is 0.813. The van der Waals surface area contributed by atoms with Gasteiger partial charge in [0.15, 0.2) is 0 Å². The van der Waals surface area contributed by atoms with Crippen molar-refractivity contribution in [2.24, 2.45) is 0 Å². The fourth-order valence-electron chi connectivity index (χ4n) is 1.64. The largest absolute Gasteiger partial charge is 0.491 e. The van der Waals surface area contributed by atoms with Gasteiger partial charge in [0.25, 0.3) is 0 Å². The average Bonchev–Trinajstić information content (AvgIpc) is 2.24. The van der Waals surface area contributed by atoms with Crippen molar-refractivity contribution in [3.05, 3.63) is 40.4 Å². The molecule has 2 N–H and O–H groups in total. The predicted octanol–water partition coefficient (Wildman–Crippen LogP) is 2.54. The molecule has 0 aliphatic heterocycles. The fourth-order valence-corrected chi connectivity index (χ4v) is 1.84. The first-order valence-corrected chi connectivity index (χ1v) is 6.70. The Hall–Kier alpha value is -0.840. The van der Waals surface area contributed by atoms with Crippen LogP contribution in [0.5, 0.6) is 5.75 Å².